The Morgan fingerprint density at radius 2 is 1.53 bits per heavy atom. The Labute approximate surface area is 347 Å². The van der Waals surface area contributed by atoms with Crippen molar-refractivity contribution in [2.75, 3.05) is 6.61 Å². The van der Waals surface area contributed by atoms with Crippen LogP contribution >= 0.6 is 0 Å². The second kappa shape index (κ2) is 16.5. The third-order valence-corrected chi connectivity index (χ3v) is 13.2. The second-order valence-corrected chi connectivity index (χ2v) is 17.1. The van der Waals surface area contributed by atoms with Crippen molar-refractivity contribution in [1.29, 1.82) is 0 Å². The molecule has 1 aliphatic heterocycles. The van der Waals surface area contributed by atoms with E-state index in [0.717, 1.165) is 6.92 Å². The highest BCUT2D eigenvalue weighted by atomic mass is 16.6. The van der Waals surface area contributed by atoms with Crippen molar-refractivity contribution in [3.63, 3.8) is 0 Å². The number of esters is 4. The van der Waals surface area contributed by atoms with Crippen LogP contribution in [0.5, 0.6) is 0 Å². The van der Waals surface area contributed by atoms with Crippen LogP contribution in [-0.2, 0) is 42.9 Å². The minimum absolute atomic E-state index is 0.0554. The number of rotatable bonds is 10. The van der Waals surface area contributed by atoms with Gasteiger partial charge in [-0.05, 0) is 61.1 Å². The number of carbonyl (C=O) groups excluding carboxylic acids is 6. The van der Waals surface area contributed by atoms with Gasteiger partial charge in [0.1, 0.15) is 18.3 Å². The van der Waals surface area contributed by atoms with Gasteiger partial charge in [0.05, 0.1) is 35.6 Å². The standard InChI is InChI=1S/C46H51NO13/c1-25(48)57-38-32-22-30(58-43(55)36(51)35(27-15-9-6-10-16-27)47-41(53)28-17-11-7-12-18-28)21-31(44(32,3)4)37(59-42(54)29-19-13-8-14-20-29)39-45(5,40(38)52)33(50)23-34-46(39,24-56-34)60-26(2)49/h6-15,17-20,22,27,30-31,33-39,50-51H,16,21,23-24H2,1-5H3,(H,47,53)/t27?,30?,31-,33+,34-,35+,36?,37?,38-,39?,45-,46+/m1/s1. The van der Waals surface area contributed by atoms with E-state index in [-0.39, 0.29) is 30.6 Å². The molecule has 12 atom stereocenters. The van der Waals surface area contributed by atoms with E-state index in [4.69, 9.17) is 23.7 Å². The van der Waals surface area contributed by atoms with Crippen LogP contribution in [0.4, 0.5) is 0 Å². The van der Waals surface area contributed by atoms with Crippen molar-refractivity contribution in [3.05, 3.63) is 108 Å². The molecule has 318 valence electrons. The average molecular weight is 826 g/mol. The zero-order valence-corrected chi connectivity index (χ0v) is 34.1. The van der Waals surface area contributed by atoms with Crippen LogP contribution in [0.1, 0.15) is 74.6 Å². The summed E-state index contributed by atoms with van der Waals surface area (Å²) in [6, 6.07) is 15.4. The molecule has 60 heavy (non-hydrogen) atoms. The molecule has 0 spiro atoms. The van der Waals surface area contributed by atoms with Gasteiger partial charge in [-0.1, -0.05) is 74.5 Å². The lowest BCUT2D eigenvalue weighted by atomic mass is 9.46. The van der Waals surface area contributed by atoms with Gasteiger partial charge in [-0.25, -0.2) is 9.59 Å². The number of nitrogens with one attached hydrogen (secondary N) is 1. The van der Waals surface area contributed by atoms with E-state index in [1.165, 1.54) is 19.9 Å². The topological polar surface area (TPSA) is 201 Å². The predicted octanol–water partition coefficient (Wildman–Crippen LogP) is 3.99. The van der Waals surface area contributed by atoms with Gasteiger partial charge >= 0.3 is 23.9 Å². The molecule has 0 aromatic heterocycles. The molecular formula is C46H51NO13. The minimum atomic E-state index is -1.87. The van der Waals surface area contributed by atoms with Crippen LogP contribution in [0.3, 0.4) is 0 Å². The fourth-order valence-corrected chi connectivity index (χ4v) is 10.1. The quantitative estimate of drug-likeness (QED) is 0.177. The van der Waals surface area contributed by atoms with E-state index in [0.29, 0.717) is 12.0 Å². The molecule has 1 saturated heterocycles. The number of hydrogen-bond acceptors (Lipinski definition) is 13. The number of ketones is 1. The van der Waals surface area contributed by atoms with Gasteiger partial charge in [0.25, 0.3) is 5.91 Å². The van der Waals surface area contributed by atoms with Gasteiger partial charge in [-0.15, -0.1) is 0 Å². The number of allylic oxidation sites excluding steroid dienone is 3. The SMILES string of the molecule is CC(=O)O[C@H]1C(=O)[C@@]2(C)C(C(OC(=O)c3ccccc3)[C@H]3CC(OC(=O)C(O)[C@@H](NC(=O)c4ccccc4)C4C=CC=CC4)C=C1C3(C)C)[C@]1(OC(C)=O)CO[C@@H]1C[C@@H]2O. The van der Waals surface area contributed by atoms with Crippen LogP contribution in [0.25, 0.3) is 0 Å². The first-order valence-corrected chi connectivity index (χ1v) is 20.3. The summed E-state index contributed by atoms with van der Waals surface area (Å²) in [5.41, 5.74) is -3.83. The Hall–Kier alpha value is -5.44. The van der Waals surface area contributed by atoms with E-state index in [1.807, 2.05) is 12.2 Å². The second-order valence-electron chi connectivity index (χ2n) is 17.1. The van der Waals surface area contributed by atoms with Gasteiger partial charge in [-0.3, -0.25) is 19.2 Å². The Balaban J connectivity index is 1.32. The summed E-state index contributed by atoms with van der Waals surface area (Å²) in [6.45, 7) is 7.25. The summed E-state index contributed by atoms with van der Waals surface area (Å²) < 4.78 is 30.5. The van der Waals surface area contributed by atoms with Crippen LogP contribution < -0.4 is 5.32 Å². The largest absolute Gasteiger partial charge is 0.458 e. The normalized spacial score (nSPS) is 33.4. The molecule has 3 fully saturated rings. The maximum Gasteiger partial charge on any atom is 0.338 e. The predicted molar refractivity (Wildman–Crippen MR) is 213 cm³/mol. The first kappa shape index (κ1) is 42.7. The van der Waals surface area contributed by atoms with Gasteiger partial charge in [0.15, 0.2) is 23.6 Å². The molecule has 3 N–H and O–H groups in total. The monoisotopic (exact) mass is 825 g/mol. The molecule has 2 aromatic carbocycles. The van der Waals surface area contributed by atoms with Crippen molar-refractivity contribution in [2.24, 2.45) is 28.6 Å². The summed E-state index contributed by atoms with van der Waals surface area (Å²) in [5, 5.41) is 26.5. The molecule has 7 rings (SSSR count). The van der Waals surface area contributed by atoms with Crippen molar-refractivity contribution < 1.29 is 62.7 Å². The number of aliphatic hydroxyl groups excluding tert-OH is 2. The molecule has 1 heterocycles. The average Bonchev–Trinajstić information content (AvgIpc) is 3.22. The fraction of sp³-hybridized carbons (Fsp3) is 0.478. The lowest BCUT2D eigenvalue weighted by molar-refractivity contribution is -0.335. The van der Waals surface area contributed by atoms with Crippen LogP contribution in [0, 0.1) is 28.6 Å². The summed E-state index contributed by atoms with van der Waals surface area (Å²) in [6.07, 6.45) is 0.640. The molecule has 14 nitrogen and oxygen atoms in total. The molecule has 5 aliphatic rings. The Bertz CT molecular complexity index is 2110. The molecule has 4 aliphatic carbocycles. The number of benzene rings is 2. The summed E-state index contributed by atoms with van der Waals surface area (Å²) in [7, 11) is 0. The molecule has 5 unspecified atom stereocenters. The number of Topliss-reactive ketones (excluding diaryl/α,β-unsaturated/α-hetero) is 1. The van der Waals surface area contributed by atoms with E-state index in [1.54, 1.807) is 86.7 Å². The van der Waals surface area contributed by atoms with Crippen molar-refractivity contribution in [1.82, 2.24) is 5.32 Å². The third-order valence-electron chi connectivity index (χ3n) is 13.2. The number of carbonyl (C=O) groups is 6. The number of ether oxygens (including phenoxy) is 5. The summed E-state index contributed by atoms with van der Waals surface area (Å²) >= 11 is 0. The van der Waals surface area contributed by atoms with Gasteiger partial charge in [0, 0.05) is 37.7 Å². The summed E-state index contributed by atoms with van der Waals surface area (Å²) in [5.74, 6) is -7.20. The molecule has 1 amide bonds. The smallest absolute Gasteiger partial charge is 0.338 e. The van der Waals surface area contributed by atoms with Crippen LogP contribution in [0.15, 0.2) is 96.6 Å². The minimum Gasteiger partial charge on any atom is -0.458 e. The third kappa shape index (κ3) is 7.60. The van der Waals surface area contributed by atoms with Crippen LogP contribution in [0.2, 0.25) is 0 Å². The van der Waals surface area contributed by atoms with E-state index in [9.17, 15) is 34.2 Å². The maximum atomic E-state index is 15.3. The zero-order valence-electron chi connectivity index (χ0n) is 34.1. The zero-order chi connectivity index (χ0) is 43.1. The first-order valence-electron chi connectivity index (χ1n) is 20.3. The molecule has 2 bridgehead atoms. The maximum absolute atomic E-state index is 15.3. The highest BCUT2D eigenvalue weighted by molar-refractivity contribution is 5.96. The number of fused-ring (bicyclic) bond motifs is 5. The molecule has 2 aromatic rings. The number of hydrogen-bond donors (Lipinski definition) is 3. The molecular weight excluding hydrogens is 774 g/mol. The Morgan fingerprint density at radius 1 is 0.867 bits per heavy atom. The Morgan fingerprint density at radius 3 is 2.12 bits per heavy atom. The molecule has 2 saturated carbocycles. The summed E-state index contributed by atoms with van der Waals surface area (Å²) in [4.78, 5) is 82.8. The van der Waals surface area contributed by atoms with Gasteiger partial charge in [0.2, 0.25) is 0 Å². The molecule has 14 heteroatoms. The highest BCUT2D eigenvalue weighted by Crippen LogP contribution is 2.62. The van der Waals surface area contributed by atoms with E-state index < -0.39 is 112 Å². The van der Waals surface area contributed by atoms with Crippen molar-refractivity contribution in [2.45, 2.75) is 102 Å². The highest BCUT2D eigenvalue weighted by Gasteiger charge is 2.75. The van der Waals surface area contributed by atoms with Gasteiger partial charge in [-0.2, -0.15) is 0 Å². The first-order chi connectivity index (χ1) is 28.5. The van der Waals surface area contributed by atoms with Crippen LogP contribution in [-0.4, -0.2) is 101 Å². The van der Waals surface area contributed by atoms with E-state index in [2.05, 4.69) is 5.32 Å². The lowest BCUT2D eigenvalue weighted by Gasteiger charge is -2.65. The number of aliphatic hydroxyl groups is 2. The Kier molecular flexibility index (Phi) is 11.8. The van der Waals surface area contributed by atoms with E-state index >= 15 is 4.79 Å². The lowest BCUT2D eigenvalue weighted by Crippen LogP contribution is -2.79. The van der Waals surface area contributed by atoms with Gasteiger partial charge < -0.3 is 39.2 Å². The number of amides is 1. The van der Waals surface area contributed by atoms with Crippen molar-refractivity contribution in [3.8, 4) is 0 Å². The molecule has 0 radical (unpaired) electrons. The fourth-order valence-electron chi connectivity index (χ4n) is 10.1. The van der Waals surface area contributed by atoms with Crippen molar-refractivity contribution >= 4 is 35.6 Å².